The molecule has 0 atom stereocenters. The van der Waals surface area contributed by atoms with Crippen molar-refractivity contribution < 1.29 is 13.9 Å². The van der Waals surface area contributed by atoms with Gasteiger partial charge in [-0.15, -0.1) is 0 Å². The van der Waals surface area contributed by atoms with Gasteiger partial charge in [0, 0.05) is 12.0 Å². The smallest absolute Gasteiger partial charge is 0.229 e. The topological polar surface area (TPSA) is 39.4 Å². The highest BCUT2D eigenvalue weighted by molar-refractivity contribution is 6.03. The van der Waals surface area contributed by atoms with E-state index in [9.17, 15) is 4.79 Å². The Balaban J connectivity index is 1.97. The van der Waals surface area contributed by atoms with Crippen molar-refractivity contribution in [1.82, 2.24) is 0 Å². The molecule has 0 amide bonds. The minimum absolute atomic E-state index is 0.0119. The zero-order chi connectivity index (χ0) is 14.9. The third-order valence-electron chi connectivity index (χ3n) is 4.39. The number of fused-ring (bicyclic) bond motifs is 1. The van der Waals surface area contributed by atoms with Gasteiger partial charge >= 0.3 is 0 Å². The first-order chi connectivity index (χ1) is 10.1. The van der Waals surface area contributed by atoms with Crippen molar-refractivity contribution in [2.75, 3.05) is 6.61 Å². The summed E-state index contributed by atoms with van der Waals surface area (Å²) in [6.45, 7) is 4.55. The molecule has 1 aromatic carbocycles. The fourth-order valence-electron chi connectivity index (χ4n) is 3.34. The van der Waals surface area contributed by atoms with Gasteiger partial charge in [-0.3, -0.25) is 4.79 Å². The van der Waals surface area contributed by atoms with E-state index in [-0.39, 0.29) is 5.78 Å². The first kappa shape index (κ1) is 14.3. The molecule has 1 fully saturated rings. The third-order valence-corrected chi connectivity index (χ3v) is 4.39. The number of aryl methyl sites for hydroxylation is 1. The van der Waals surface area contributed by atoms with Crippen LogP contribution in [0, 0.1) is 6.92 Å². The van der Waals surface area contributed by atoms with E-state index in [1.165, 1.54) is 12.0 Å². The summed E-state index contributed by atoms with van der Waals surface area (Å²) in [5, 5.41) is 0.987. The lowest BCUT2D eigenvalue weighted by molar-refractivity contribution is -0.0424. The Labute approximate surface area is 125 Å². The van der Waals surface area contributed by atoms with Crippen LogP contribution in [0.15, 0.2) is 28.7 Å². The van der Waals surface area contributed by atoms with Crippen molar-refractivity contribution in [3.8, 4) is 0 Å². The molecular weight excluding hydrogens is 264 g/mol. The minimum Gasteiger partial charge on any atom is -0.453 e. The molecule has 1 aliphatic carbocycles. The quantitative estimate of drug-likeness (QED) is 0.767. The molecule has 21 heavy (non-hydrogen) atoms. The molecule has 1 saturated carbocycles. The molecule has 0 spiro atoms. The highest BCUT2D eigenvalue weighted by Gasteiger charge is 2.42. The molecule has 0 unspecified atom stereocenters. The Morgan fingerprint density at radius 3 is 2.71 bits per heavy atom. The van der Waals surface area contributed by atoms with Crippen LogP contribution >= 0.6 is 0 Å². The standard InChI is InChI=1S/C18H22O3/c1-3-20-18(9-5-4-6-10-18)17(19)16-12-14-11-13(2)7-8-15(14)21-16/h7-8,11-12H,3-6,9-10H2,1-2H3. The number of carbonyl (C=O) groups is 1. The van der Waals surface area contributed by atoms with Crippen LogP contribution in [-0.2, 0) is 4.74 Å². The molecular formula is C18H22O3. The molecule has 0 aliphatic heterocycles. The van der Waals surface area contributed by atoms with Crippen LogP contribution in [0.1, 0.15) is 55.1 Å². The van der Waals surface area contributed by atoms with E-state index in [1.54, 1.807) is 0 Å². The molecule has 1 aromatic heterocycles. The second-order valence-corrected chi connectivity index (χ2v) is 5.97. The number of furan rings is 1. The number of rotatable bonds is 4. The summed E-state index contributed by atoms with van der Waals surface area (Å²) in [7, 11) is 0. The molecule has 1 heterocycles. The van der Waals surface area contributed by atoms with Gasteiger partial charge in [-0.2, -0.15) is 0 Å². The van der Waals surface area contributed by atoms with Crippen LogP contribution in [-0.4, -0.2) is 18.0 Å². The van der Waals surface area contributed by atoms with E-state index in [0.29, 0.717) is 12.4 Å². The number of hydrogen-bond acceptors (Lipinski definition) is 3. The molecule has 3 nitrogen and oxygen atoms in total. The molecule has 3 rings (SSSR count). The summed E-state index contributed by atoms with van der Waals surface area (Å²) in [6.07, 6.45) is 4.88. The molecule has 2 aromatic rings. The second kappa shape index (κ2) is 5.64. The molecule has 112 valence electrons. The van der Waals surface area contributed by atoms with Crippen molar-refractivity contribution in [3.05, 3.63) is 35.6 Å². The summed E-state index contributed by atoms with van der Waals surface area (Å²) >= 11 is 0. The lowest BCUT2D eigenvalue weighted by Gasteiger charge is -2.34. The average Bonchev–Trinajstić information content (AvgIpc) is 2.90. The van der Waals surface area contributed by atoms with E-state index in [0.717, 1.165) is 36.7 Å². The van der Waals surface area contributed by atoms with Crippen molar-refractivity contribution >= 4 is 16.8 Å². The third kappa shape index (κ3) is 2.62. The Morgan fingerprint density at radius 2 is 2.00 bits per heavy atom. The molecule has 0 saturated heterocycles. The van der Waals surface area contributed by atoms with Crippen LogP contribution in [0.4, 0.5) is 0 Å². The normalized spacial score (nSPS) is 18.0. The molecule has 0 radical (unpaired) electrons. The maximum Gasteiger partial charge on any atom is 0.229 e. The van der Waals surface area contributed by atoms with Gasteiger partial charge in [0.05, 0.1) is 0 Å². The monoisotopic (exact) mass is 286 g/mol. The average molecular weight is 286 g/mol. The van der Waals surface area contributed by atoms with Crippen LogP contribution in [0.2, 0.25) is 0 Å². The van der Waals surface area contributed by atoms with E-state index < -0.39 is 5.60 Å². The number of Topliss-reactive ketones (excluding diaryl/α,β-unsaturated/α-hetero) is 1. The maximum atomic E-state index is 12.9. The van der Waals surface area contributed by atoms with E-state index >= 15 is 0 Å². The summed E-state index contributed by atoms with van der Waals surface area (Å²) in [5.74, 6) is 0.448. The molecule has 3 heteroatoms. The van der Waals surface area contributed by atoms with Crippen molar-refractivity contribution in [2.24, 2.45) is 0 Å². The largest absolute Gasteiger partial charge is 0.453 e. The fraction of sp³-hybridized carbons (Fsp3) is 0.500. The van der Waals surface area contributed by atoms with Gasteiger partial charge in [0.1, 0.15) is 11.2 Å². The van der Waals surface area contributed by atoms with Gasteiger partial charge in [0.2, 0.25) is 5.78 Å². The van der Waals surface area contributed by atoms with Crippen LogP contribution in [0.25, 0.3) is 11.0 Å². The van der Waals surface area contributed by atoms with E-state index in [4.69, 9.17) is 9.15 Å². The summed E-state index contributed by atoms with van der Waals surface area (Å²) in [5.41, 5.74) is 1.27. The minimum atomic E-state index is -0.671. The van der Waals surface area contributed by atoms with Gasteiger partial charge in [0.15, 0.2) is 5.76 Å². The summed E-state index contributed by atoms with van der Waals surface area (Å²) in [6, 6.07) is 7.83. The summed E-state index contributed by atoms with van der Waals surface area (Å²) < 4.78 is 11.7. The Morgan fingerprint density at radius 1 is 1.24 bits per heavy atom. The first-order valence-electron chi connectivity index (χ1n) is 7.83. The van der Waals surface area contributed by atoms with E-state index in [1.807, 2.05) is 38.1 Å². The van der Waals surface area contributed by atoms with Gasteiger partial charge < -0.3 is 9.15 Å². The zero-order valence-corrected chi connectivity index (χ0v) is 12.8. The predicted molar refractivity (Wildman–Crippen MR) is 82.7 cm³/mol. The maximum absolute atomic E-state index is 12.9. The predicted octanol–water partition coefficient (Wildman–Crippen LogP) is 4.66. The summed E-state index contributed by atoms with van der Waals surface area (Å²) in [4.78, 5) is 12.9. The molecule has 0 bridgehead atoms. The lowest BCUT2D eigenvalue weighted by Crippen LogP contribution is -2.43. The van der Waals surface area contributed by atoms with Gasteiger partial charge in [-0.05, 0) is 44.9 Å². The van der Waals surface area contributed by atoms with E-state index in [2.05, 4.69) is 0 Å². The Hall–Kier alpha value is -1.61. The van der Waals surface area contributed by atoms with Crippen molar-refractivity contribution in [3.63, 3.8) is 0 Å². The highest BCUT2D eigenvalue weighted by Crippen LogP contribution is 2.36. The van der Waals surface area contributed by atoms with Crippen molar-refractivity contribution in [1.29, 1.82) is 0 Å². The van der Waals surface area contributed by atoms with Gasteiger partial charge in [-0.1, -0.05) is 30.9 Å². The fourth-order valence-corrected chi connectivity index (χ4v) is 3.34. The van der Waals surface area contributed by atoms with Crippen LogP contribution in [0.5, 0.6) is 0 Å². The second-order valence-electron chi connectivity index (χ2n) is 5.97. The SMILES string of the molecule is CCOC1(C(=O)c2cc3cc(C)ccc3o2)CCCCC1. The Bertz CT molecular complexity index is 642. The highest BCUT2D eigenvalue weighted by atomic mass is 16.5. The van der Waals surface area contributed by atoms with Gasteiger partial charge in [0.25, 0.3) is 0 Å². The number of ether oxygens (including phenoxy) is 1. The molecule has 0 N–H and O–H groups in total. The number of ketones is 1. The molecule has 1 aliphatic rings. The number of benzene rings is 1. The van der Waals surface area contributed by atoms with Gasteiger partial charge in [-0.25, -0.2) is 0 Å². The van der Waals surface area contributed by atoms with Crippen LogP contribution < -0.4 is 0 Å². The van der Waals surface area contributed by atoms with Crippen molar-refractivity contribution in [2.45, 2.75) is 51.6 Å². The number of carbonyl (C=O) groups excluding carboxylic acids is 1. The number of hydrogen-bond donors (Lipinski definition) is 0. The lowest BCUT2D eigenvalue weighted by atomic mass is 9.80. The first-order valence-corrected chi connectivity index (χ1v) is 7.83. The van der Waals surface area contributed by atoms with Crippen LogP contribution in [0.3, 0.4) is 0 Å². The zero-order valence-electron chi connectivity index (χ0n) is 12.8. The Kier molecular flexibility index (Phi) is 3.85.